The van der Waals surface area contributed by atoms with Crippen molar-refractivity contribution in [2.75, 3.05) is 6.54 Å². The van der Waals surface area contributed by atoms with Gasteiger partial charge < -0.3 is 10.1 Å². The lowest BCUT2D eigenvalue weighted by atomic mass is 9.53. The van der Waals surface area contributed by atoms with Gasteiger partial charge in [0.1, 0.15) is 6.10 Å². The number of carbonyl (C=O) groups is 1. The Balaban J connectivity index is 0.954. The van der Waals surface area contributed by atoms with Gasteiger partial charge in [0.15, 0.2) is 0 Å². The standard InChI is InChI=1S/C36H63NO2/c1-2-3-4-5-6-7-8-9-10-11-12-13-14-15-16-17-27-37-36(38)39-31-23-26-33-30(28-31)22-25-34-32-20-18-19-29(32)21-24-35(33)34/h9-10,29-35H,2-8,11-28H2,1H3,(H,37,38). The average Bonchev–Trinajstić information content (AvgIpc) is 3.44. The lowest BCUT2D eigenvalue weighted by molar-refractivity contribution is -0.0487. The molecule has 1 amide bonds. The molecule has 4 aliphatic rings. The highest BCUT2D eigenvalue weighted by molar-refractivity contribution is 5.67. The summed E-state index contributed by atoms with van der Waals surface area (Å²) in [6, 6.07) is 0. The minimum Gasteiger partial charge on any atom is -0.446 e. The Kier molecular flexibility index (Phi) is 14.1. The molecule has 4 saturated carbocycles. The van der Waals surface area contributed by atoms with Gasteiger partial charge in [-0.1, -0.05) is 89.7 Å². The van der Waals surface area contributed by atoms with E-state index in [1.807, 2.05) is 0 Å². The van der Waals surface area contributed by atoms with Crippen LogP contribution in [0.3, 0.4) is 0 Å². The number of alkyl carbamates (subject to hydrolysis) is 1. The number of carbonyl (C=O) groups excluding carboxylic acids is 1. The van der Waals surface area contributed by atoms with Gasteiger partial charge in [-0.3, -0.25) is 0 Å². The van der Waals surface area contributed by atoms with E-state index in [-0.39, 0.29) is 12.2 Å². The molecule has 0 radical (unpaired) electrons. The van der Waals surface area contributed by atoms with E-state index < -0.39 is 0 Å². The molecule has 0 heterocycles. The molecule has 7 atom stereocenters. The second-order valence-electron chi connectivity index (χ2n) is 14.0. The third-order valence-electron chi connectivity index (χ3n) is 11.3. The average molecular weight is 542 g/mol. The van der Waals surface area contributed by atoms with E-state index in [2.05, 4.69) is 24.4 Å². The first-order valence-electron chi connectivity index (χ1n) is 17.9. The minimum atomic E-state index is -0.161. The number of rotatable bonds is 17. The van der Waals surface area contributed by atoms with Gasteiger partial charge in [0, 0.05) is 6.54 Å². The lowest BCUT2D eigenvalue weighted by Gasteiger charge is -2.52. The highest BCUT2D eigenvalue weighted by Gasteiger charge is 2.49. The largest absolute Gasteiger partial charge is 0.446 e. The van der Waals surface area contributed by atoms with Crippen molar-refractivity contribution in [3.63, 3.8) is 0 Å². The number of ether oxygens (including phenoxy) is 1. The van der Waals surface area contributed by atoms with Gasteiger partial charge in [0.2, 0.25) is 0 Å². The summed E-state index contributed by atoms with van der Waals surface area (Å²) in [6.45, 7) is 3.05. The van der Waals surface area contributed by atoms with E-state index in [4.69, 9.17) is 4.74 Å². The van der Waals surface area contributed by atoms with Crippen LogP contribution in [0.15, 0.2) is 12.2 Å². The van der Waals surface area contributed by atoms with E-state index in [9.17, 15) is 4.79 Å². The van der Waals surface area contributed by atoms with E-state index >= 15 is 0 Å². The van der Waals surface area contributed by atoms with Crippen LogP contribution in [-0.4, -0.2) is 18.7 Å². The smallest absolute Gasteiger partial charge is 0.407 e. The summed E-state index contributed by atoms with van der Waals surface area (Å²) in [5.41, 5.74) is 0. The Morgan fingerprint density at radius 3 is 1.95 bits per heavy atom. The zero-order chi connectivity index (χ0) is 27.1. The predicted molar refractivity (Wildman–Crippen MR) is 165 cm³/mol. The molecule has 0 spiro atoms. The molecule has 1 N–H and O–H groups in total. The third kappa shape index (κ3) is 10.1. The van der Waals surface area contributed by atoms with Crippen LogP contribution in [-0.2, 0) is 4.74 Å². The predicted octanol–water partition coefficient (Wildman–Crippen LogP) is 10.8. The molecule has 0 aromatic heterocycles. The topological polar surface area (TPSA) is 38.3 Å². The molecule has 0 aromatic carbocycles. The van der Waals surface area contributed by atoms with Gasteiger partial charge in [0.05, 0.1) is 0 Å². The van der Waals surface area contributed by atoms with Crippen LogP contribution in [0.25, 0.3) is 0 Å². The third-order valence-corrected chi connectivity index (χ3v) is 11.3. The molecular weight excluding hydrogens is 478 g/mol. The molecule has 0 bridgehead atoms. The van der Waals surface area contributed by atoms with Crippen LogP contribution in [0.1, 0.15) is 161 Å². The van der Waals surface area contributed by atoms with Crippen LogP contribution in [0.4, 0.5) is 4.79 Å². The molecule has 4 fully saturated rings. The maximum Gasteiger partial charge on any atom is 0.407 e. The summed E-state index contributed by atoms with van der Waals surface area (Å²) < 4.78 is 5.92. The molecule has 0 saturated heterocycles. The molecule has 4 aliphatic carbocycles. The molecule has 3 nitrogen and oxygen atoms in total. The zero-order valence-electron chi connectivity index (χ0n) is 25.7. The molecule has 0 aliphatic heterocycles. The zero-order valence-corrected chi connectivity index (χ0v) is 25.7. The Bertz CT molecular complexity index is 704. The van der Waals surface area contributed by atoms with Crippen molar-refractivity contribution in [2.24, 2.45) is 35.5 Å². The Morgan fingerprint density at radius 2 is 1.23 bits per heavy atom. The Morgan fingerprint density at radius 1 is 0.641 bits per heavy atom. The first-order valence-corrected chi connectivity index (χ1v) is 17.9. The molecule has 224 valence electrons. The number of hydrogen-bond acceptors (Lipinski definition) is 2. The quantitative estimate of drug-likeness (QED) is 0.147. The summed E-state index contributed by atoms with van der Waals surface area (Å²) in [4.78, 5) is 12.4. The van der Waals surface area contributed by atoms with Crippen molar-refractivity contribution in [3.05, 3.63) is 12.2 Å². The van der Waals surface area contributed by atoms with Gasteiger partial charge in [-0.05, 0) is 119 Å². The highest BCUT2D eigenvalue weighted by Crippen LogP contribution is 2.58. The maximum atomic E-state index is 12.4. The normalized spacial score (nSPS) is 32.0. The minimum absolute atomic E-state index is 0.158. The molecule has 4 rings (SSSR count). The highest BCUT2D eigenvalue weighted by atomic mass is 16.6. The van der Waals surface area contributed by atoms with Gasteiger partial charge in [0.25, 0.3) is 0 Å². The number of fused-ring (bicyclic) bond motifs is 5. The van der Waals surface area contributed by atoms with Crippen molar-refractivity contribution in [2.45, 2.75) is 167 Å². The number of allylic oxidation sites excluding steroid dienone is 2. The Labute approximate surface area is 242 Å². The summed E-state index contributed by atoms with van der Waals surface area (Å²) in [5, 5.41) is 3.05. The fraction of sp³-hybridized carbons (Fsp3) is 0.917. The molecule has 7 unspecified atom stereocenters. The monoisotopic (exact) mass is 541 g/mol. The van der Waals surface area contributed by atoms with Crippen LogP contribution in [0.2, 0.25) is 0 Å². The molecule has 3 heteroatoms. The maximum absolute atomic E-state index is 12.4. The van der Waals surface area contributed by atoms with E-state index in [0.29, 0.717) is 0 Å². The summed E-state index contributed by atoms with van der Waals surface area (Å²) in [7, 11) is 0. The van der Waals surface area contributed by atoms with Gasteiger partial charge in [-0.25, -0.2) is 4.79 Å². The summed E-state index contributed by atoms with van der Waals surface area (Å²) in [6.07, 6.45) is 37.1. The second kappa shape index (κ2) is 17.7. The van der Waals surface area contributed by atoms with Gasteiger partial charge >= 0.3 is 6.09 Å². The number of nitrogens with one attached hydrogen (secondary N) is 1. The van der Waals surface area contributed by atoms with Crippen LogP contribution < -0.4 is 5.32 Å². The van der Waals surface area contributed by atoms with Crippen molar-refractivity contribution >= 4 is 6.09 Å². The van der Waals surface area contributed by atoms with Crippen LogP contribution in [0.5, 0.6) is 0 Å². The SMILES string of the molecule is CCCCCCCCC=CCCCCCCCCNC(=O)OC1CCC2C(CCC3C4CCCC4CCC23)C1. The van der Waals surface area contributed by atoms with Crippen molar-refractivity contribution in [1.82, 2.24) is 5.32 Å². The molecule has 0 aromatic rings. The molecular formula is C36H63NO2. The van der Waals surface area contributed by atoms with Crippen molar-refractivity contribution in [3.8, 4) is 0 Å². The number of amides is 1. The fourth-order valence-electron chi connectivity index (χ4n) is 9.29. The molecule has 39 heavy (non-hydrogen) atoms. The second-order valence-corrected chi connectivity index (χ2v) is 14.0. The van der Waals surface area contributed by atoms with Crippen LogP contribution in [0, 0.1) is 35.5 Å². The van der Waals surface area contributed by atoms with Crippen LogP contribution >= 0.6 is 0 Å². The van der Waals surface area contributed by atoms with Gasteiger partial charge in [-0.2, -0.15) is 0 Å². The first kappa shape index (κ1) is 31.0. The van der Waals surface area contributed by atoms with E-state index in [1.165, 1.54) is 135 Å². The van der Waals surface area contributed by atoms with Gasteiger partial charge in [-0.15, -0.1) is 0 Å². The lowest BCUT2D eigenvalue weighted by Crippen LogP contribution is -2.46. The first-order chi connectivity index (χ1) is 19.3. The fourth-order valence-corrected chi connectivity index (χ4v) is 9.29. The summed E-state index contributed by atoms with van der Waals surface area (Å²) in [5.74, 6) is 5.89. The van der Waals surface area contributed by atoms with E-state index in [1.54, 1.807) is 0 Å². The number of unbranched alkanes of at least 4 members (excludes halogenated alkanes) is 12. The summed E-state index contributed by atoms with van der Waals surface area (Å²) >= 11 is 0. The Hall–Kier alpha value is -0.990. The number of hydrogen-bond donors (Lipinski definition) is 1. The van der Waals surface area contributed by atoms with Crippen molar-refractivity contribution < 1.29 is 9.53 Å². The van der Waals surface area contributed by atoms with Crippen molar-refractivity contribution in [1.29, 1.82) is 0 Å². The van der Waals surface area contributed by atoms with E-state index in [0.717, 1.165) is 61.3 Å².